The number of benzene rings is 1. The molecule has 0 spiro atoms. The summed E-state index contributed by atoms with van der Waals surface area (Å²) in [5, 5.41) is 7.23. The largest absolute Gasteiger partial charge is 0.354 e. The van der Waals surface area contributed by atoms with Crippen LogP contribution < -0.4 is 10.6 Å². The lowest BCUT2D eigenvalue weighted by atomic mass is 10.0. The van der Waals surface area contributed by atoms with E-state index in [-0.39, 0.29) is 36.8 Å². The molecule has 0 saturated carbocycles. The monoisotopic (exact) mass is 409 g/mol. The van der Waals surface area contributed by atoms with Gasteiger partial charge in [0.2, 0.25) is 5.91 Å². The average molecular weight is 411 g/mol. The predicted molar refractivity (Wildman–Crippen MR) is 110 cm³/mol. The van der Waals surface area contributed by atoms with Gasteiger partial charge < -0.3 is 10.6 Å². The third-order valence-corrected chi connectivity index (χ3v) is 4.95. The van der Waals surface area contributed by atoms with Crippen LogP contribution in [0.5, 0.6) is 0 Å². The van der Waals surface area contributed by atoms with E-state index in [0.29, 0.717) is 19.0 Å². The van der Waals surface area contributed by atoms with Crippen molar-refractivity contribution in [1.82, 2.24) is 15.5 Å². The third-order valence-electron chi connectivity index (χ3n) is 4.60. The maximum Gasteiger partial charge on any atom is 0.221 e. The maximum absolute atomic E-state index is 12.2. The van der Waals surface area contributed by atoms with Crippen molar-refractivity contribution in [1.29, 1.82) is 0 Å². The van der Waals surface area contributed by atoms with Gasteiger partial charge in [-0.1, -0.05) is 43.6 Å². The van der Waals surface area contributed by atoms with Crippen LogP contribution >= 0.6 is 36.4 Å². The molecule has 2 N–H and O–H groups in total. The lowest BCUT2D eigenvalue weighted by molar-refractivity contribution is -0.121. The van der Waals surface area contributed by atoms with Gasteiger partial charge in [0.25, 0.3) is 0 Å². The molecule has 2 rings (SSSR count). The molecule has 7 heteroatoms. The van der Waals surface area contributed by atoms with Crippen LogP contribution in [-0.4, -0.2) is 43.0 Å². The minimum Gasteiger partial charge on any atom is -0.354 e. The first-order chi connectivity index (χ1) is 11.2. The van der Waals surface area contributed by atoms with Gasteiger partial charge in [0.15, 0.2) is 0 Å². The topological polar surface area (TPSA) is 44.4 Å². The van der Waals surface area contributed by atoms with Gasteiger partial charge in [0, 0.05) is 24.0 Å². The van der Waals surface area contributed by atoms with Crippen molar-refractivity contribution in [3.63, 3.8) is 0 Å². The molecule has 1 amide bonds. The van der Waals surface area contributed by atoms with E-state index in [1.807, 2.05) is 18.2 Å². The molecule has 25 heavy (non-hydrogen) atoms. The van der Waals surface area contributed by atoms with E-state index in [0.717, 1.165) is 36.6 Å². The van der Waals surface area contributed by atoms with Gasteiger partial charge in [-0.2, -0.15) is 0 Å². The number of amides is 1. The summed E-state index contributed by atoms with van der Waals surface area (Å²) in [5.74, 6) is 0.119. The highest BCUT2D eigenvalue weighted by Gasteiger charge is 2.22. The first kappa shape index (κ1) is 24.5. The van der Waals surface area contributed by atoms with E-state index in [9.17, 15) is 4.79 Å². The van der Waals surface area contributed by atoms with Crippen molar-refractivity contribution < 1.29 is 4.79 Å². The quantitative estimate of drug-likeness (QED) is 0.684. The van der Waals surface area contributed by atoms with Crippen molar-refractivity contribution in [2.24, 2.45) is 0 Å². The molecule has 0 radical (unpaired) electrons. The number of hydrogen-bond acceptors (Lipinski definition) is 3. The normalized spacial score (nSPS) is 17.5. The first-order valence-electron chi connectivity index (χ1n) is 8.64. The Morgan fingerprint density at radius 2 is 2.00 bits per heavy atom. The van der Waals surface area contributed by atoms with E-state index in [1.54, 1.807) is 0 Å². The number of halogens is 3. The fourth-order valence-corrected chi connectivity index (χ4v) is 3.54. The Bertz CT molecular complexity index is 506. The minimum absolute atomic E-state index is 0. The van der Waals surface area contributed by atoms with Crippen molar-refractivity contribution in [2.45, 2.75) is 45.2 Å². The SMILES string of the molecule is CCN(CC)C(CNC(=O)CC1CCCN1)c1ccccc1Cl.Cl.Cl. The van der Waals surface area contributed by atoms with E-state index in [2.05, 4.69) is 35.4 Å². The molecule has 4 nitrogen and oxygen atoms in total. The van der Waals surface area contributed by atoms with Crippen LogP contribution in [0.1, 0.15) is 44.7 Å². The summed E-state index contributed by atoms with van der Waals surface area (Å²) in [5.41, 5.74) is 1.08. The number of carbonyl (C=O) groups excluding carboxylic acids is 1. The van der Waals surface area contributed by atoms with Crippen LogP contribution in [0.25, 0.3) is 0 Å². The minimum atomic E-state index is 0. The summed E-state index contributed by atoms with van der Waals surface area (Å²) in [6.45, 7) is 7.74. The second-order valence-electron chi connectivity index (χ2n) is 6.06. The Morgan fingerprint density at radius 3 is 2.56 bits per heavy atom. The fraction of sp³-hybridized carbons (Fsp3) is 0.611. The summed E-state index contributed by atoms with van der Waals surface area (Å²) in [6, 6.07) is 8.35. The van der Waals surface area contributed by atoms with Crippen molar-refractivity contribution in [3.8, 4) is 0 Å². The second-order valence-corrected chi connectivity index (χ2v) is 6.47. The van der Waals surface area contributed by atoms with Gasteiger partial charge in [0.1, 0.15) is 0 Å². The van der Waals surface area contributed by atoms with Gasteiger partial charge >= 0.3 is 0 Å². The molecule has 1 fully saturated rings. The van der Waals surface area contributed by atoms with Gasteiger partial charge in [-0.15, -0.1) is 24.8 Å². The van der Waals surface area contributed by atoms with Crippen molar-refractivity contribution in [3.05, 3.63) is 34.9 Å². The van der Waals surface area contributed by atoms with E-state index in [1.165, 1.54) is 6.42 Å². The molecule has 0 bridgehead atoms. The molecule has 1 saturated heterocycles. The van der Waals surface area contributed by atoms with Crippen molar-refractivity contribution >= 4 is 42.3 Å². The Kier molecular flexibility index (Phi) is 12.5. The molecule has 0 aliphatic carbocycles. The van der Waals surface area contributed by atoms with Crippen LogP contribution in [-0.2, 0) is 4.79 Å². The summed E-state index contributed by atoms with van der Waals surface area (Å²) < 4.78 is 0. The zero-order valence-electron chi connectivity index (χ0n) is 15.0. The standard InChI is InChI=1S/C18H28ClN3O.2ClH/c1-3-22(4-2)17(15-9-5-6-10-16(15)19)13-21-18(23)12-14-8-7-11-20-14;;/h5-6,9-10,14,17,20H,3-4,7-8,11-13H2,1-2H3,(H,21,23);2*1H. The van der Waals surface area contributed by atoms with E-state index in [4.69, 9.17) is 11.6 Å². The lowest BCUT2D eigenvalue weighted by Crippen LogP contribution is -2.39. The number of carbonyl (C=O) groups is 1. The molecular formula is C18H30Cl3N3O. The number of nitrogens with one attached hydrogen (secondary N) is 2. The first-order valence-corrected chi connectivity index (χ1v) is 9.02. The molecule has 1 aromatic carbocycles. The summed E-state index contributed by atoms with van der Waals surface area (Å²) in [6.07, 6.45) is 2.82. The lowest BCUT2D eigenvalue weighted by Gasteiger charge is -2.31. The van der Waals surface area contributed by atoms with Crippen LogP contribution in [0.2, 0.25) is 5.02 Å². The summed E-state index contributed by atoms with van der Waals surface area (Å²) >= 11 is 6.38. The predicted octanol–water partition coefficient (Wildman–Crippen LogP) is 3.82. The molecule has 1 aliphatic heterocycles. The van der Waals surface area contributed by atoms with E-state index >= 15 is 0 Å². The molecule has 1 heterocycles. The molecule has 2 atom stereocenters. The molecule has 1 aromatic rings. The highest BCUT2D eigenvalue weighted by Crippen LogP contribution is 2.27. The molecule has 144 valence electrons. The maximum atomic E-state index is 12.2. The molecule has 2 unspecified atom stereocenters. The summed E-state index contributed by atoms with van der Waals surface area (Å²) in [4.78, 5) is 14.5. The smallest absolute Gasteiger partial charge is 0.221 e. The number of nitrogens with zero attached hydrogens (tertiary/aromatic N) is 1. The Hall–Kier alpha value is -0.520. The zero-order chi connectivity index (χ0) is 16.7. The number of likely N-dealkylation sites (N-methyl/N-ethyl adjacent to an activating group) is 1. The Morgan fingerprint density at radius 1 is 1.32 bits per heavy atom. The number of rotatable bonds is 8. The zero-order valence-corrected chi connectivity index (χ0v) is 17.4. The van der Waals surface area contributed by atoms with Gasteiger partial charge in [-0.25, -0.2) is 0 Å². The molecular weight excluding hydrogens is 381 g/mol. The van der Waals surface area contributed by atoms with Crippen LogP contribution in [0.4, 0.5) is 0 Å². The van der Waals surface area contributed by atoms with Crippen molar-refractivity contribution in [2.75, 3.05) is 26.2 Å². The van der Waals surface area contributed by atoms with Gasteiger partial charge in [-0.05, 0) is 44.1 Å². The second kappa shape index (κ2) is 12.8. The highest BCUT2D eigenvalue weighted by molar-refractivity contribution is 6.31. The molecule has 0 aromatic heterocycles. The molecule has 1 aliphatic rings. The Labute approximate surface area is 168 Å². The van der Waals surface area contributed by atoms with Gasteiger partial charge in [-0.3, -0.25) is 9.69 Å². The van der Waals surface area contributed by atoms with Crippen LogP contribution in [0.15, 0.2) is 24.3 Å². The van der Waals surface area contributed by atoms with Crippen LogP contribution in [0.3, 0.4) is 0 Å². The third kappa shape index (κ3) is 7.32. The fourth-order valence-electron chi connectivity index (χ4n) is 3.28. The Balaban J connectivity index is 0.00000288. The average Bonchev–Trinajstić information content (AvgIpc) is 3.05. The van der Waals surface area contributed by atoms with Crippen LogP contribution in [0, 0.1) is 0 Å². The van der Waals surface area contributed by atoms with Gasteiger partial charge in [0.05, 0.1) is 6.04 Å². The van der Waals surface area contributed by atoms with E-state index < -0.39 is 0 Å². The highest BCUT2D eigenvalue weighted by atomic mass is 35.5. The summed E-state index contributed by atoms with van der Waals surface area (Å²) in [7, 11) is 0. The number of hydrogen-bond donors (Lipinski definition) is 2.